The molecule has 1 rings (SSSR count). The maximum absolute atomic E-state index is 13.6. The van der Waals surface area contributed by atoms with E-state index in [1.165, 1.54) is 24.8 Å². The van der Waals surface area contributed by atoms with Crippen molar-refractivity contribution in [3.05, 3.63) is 11.6 Å². The molecule has 0 aromatic heterocycles. The number of hydrogen-bond donors (Lipinski definition) is 0. The van der Waals surface area contributed by atoms with Gasteiger partial charge in [0.1, 0.15) is 0 Å². The van der Waals surface area contributed by atoms with Crippen LogP contribution in [0.5, 0.6) is 0 Å². The van der Waals surface area contributed by atoms with Crippen LogP contribution >= 0.6 is 7.44 Å². The smallest absolute Gasteiger partial charge is 0.220 e. The van der Waals surface area contributed by atoms with Gasteiger partial charge in [-0.2, -0.15) is 0 Å². The van der Waals surface area contributed by atoms with Gasteiger partial charge in [-0.25, -0.2) is 9.34 Å². The van der Waals surface area contributed by atoms with Crippen LogP contribution in [0.4, 0.5) is 0 Å². The van der Waals surface area contributed by atoms with Crippen LogP contribution in [0.25, 0.3) is 0 Å². The molecular formula is C15H31N2OP. The normalized spacial score (nSPS) is 17.1. The number of nitrogens with zero attached hydrogens (tertiary/aromatic N) is 2. The van der Waals surface area contributed by atoms with Gasteiger partial charge in [-0.05, 0) is 25.7 Å². The molecule has 0 amide bonds. The first-order chi connectivity index (χ1) is 9.12. The fraction of sp³-hybridized carbons (Fsp3) is 0.867. The van der Waals surface area contributed by atoms with Crippen LogP contribution in [0.2, 0.25) is 0 Å². The van der Waals surface area contributed by atoms with Crippen molar-refractivity contribution in [2.24, 2.45) is 0 Å². The van der Waals surface area contributed by atoms with Crippen LogP contribution in [0.3, 0.4) is 0 Å². The third-order valence-electron chi connectivity index (χ3n) is 4.14. The van der Waals surface area contributed by atoms with Gasteiger partial charge in [0.25, 0.3) is 0 Å². The molecule has 0 atom stereocenters. The van der Waals surface area contributed by atoms with Crippen molar-refractivity contribution >= 4 is 7.44 Å². The summed E-state index contributed by atoms with van der Waals surface area (Å²) in [5.41, 5.74) is 1.42. The van der Waals surface area contributed by atoms with Crippen molar-refractivity contribution in [1.82, 2.24) is 9.34 Å². The molecule has 0 bridgehead atoms. The van der Waals surface area contributed by atoms with Crippen LogP contribution in [-0.4, -0.2) is 41.7 Å². The van der Waals surface area contributed by atoms with E-state index >= 15 is 0 Å². The lowest BCUT2D eigenvalue weighted by molar-refractivity contribution is 0.360. The Hall–Kier alpha value is -0.110. The summed E-state index contributed by atoms with van der Waals surface area (Å²) in [6, 6.07) is 0. The number of rotatable bonds is 8. The zero-order valence-electron chi connectivity index (χ0n) is 13.2. The Morgan fingerprint density at radius 1 is 1.00 bits per heavy atom. The topological polar surface area (TPSA) is 23.6 Å². The Labute approximate surface area is 119 Å². The molecule has 0 fully saturated rings. The fourth-order valence-electron chi connectivity index (χ4n) is 3.02. The highest BCUT2D eigenvalue weighted by molar-refractivity contribution is 7.59. The summed E-state index contributed by atoms with van der Waals surface area (Å²) in [4.78, 5) is 0. The van der Waals surface area contributed by atoms with Crippen molar-refractivity contribution in [1.29, 1.82) is 0 Å². The fourth-order valence-corrected chi connectivity index (χ4v) is 6.36. The lowest BCUT2D eigenvalue weighted by atomic mass is 10.0. The molecule has 19 heavy (non-hydrogen) atoms. The summed E-state index contributed by atoms with van der Waals surface area (Å²) in [7, 11) is -2.41. The zero-order chi connectivity index (χ0) is 14.3. The monoisotopic (exact) mass is 286 g/mol. The van der Waals surface area contributed by atoms with Gasteiger partial charge in [-0.1, -0.05) is 39.3 Å². The second-order valence-corrected chi connectivity index (χ2v) is 7.99. The standard InChI is InChI=1S/C15H31N2OP/c1-5-16(6-2)19(18,17(7-3)8-4)14-15-12-10-9-11-13-15/h12H,5-11,13-14H2,1-4H3. The van der Waals surface area contributed by atoms with E-state index in [9.17, 15) is 4.57 Å². The van der Waals surface area contributed by atoms with Crippen molar-refractivity contribution in [2.75, 3.05) is 32.3 Å². The van der Waals surface area contributed by atoms with E-state index < -0.39 is 7.44 Å². The second-order valence-electron chi connectivity index (χ2n) is 5.21. The third kappa shape index (κ3) is 4.18. The summed E-state index contributed by atoms with van der Waals surface area (Å²) in [6.45, 7) is 12.0. The quantitative estimate of drug-likeness (QED) is 0.489. The van der Waals surface area contributed by atoms with E-state index in [1.54, 1.807) is 0 Å². The van der Waals surface area contributed by atoms with Gasteiger partial charge < -0.3 is 0 Å². The van der Waals surface area contributed by atoms with Gasteiger partial charge in [-0.15, -0.1) is 0 Å². The molecule has 0 aromatic carbocycles. The molecule has 112 valence electrons. The van der Waals surface area contributed by atoms with Crippen molar-refractivity contribution in [3.63, 3.8) is 0 Å². The molecule has 0 N–H and O–H groups in total. The maximum atomic E-state index is 13.6. The molecule has 1 aliphatic carbocycles. The summed E-state index contributed by atoms with van der Waals surface area (Å²) < 4.78 is 18.0. The van der Waals surface area contributed by atoms with E-state index in [0.29, 0.717) is 0 Å². The molecule has 0 aromatic rings. The zero-order valence-corrected chi connectivity index (χ0v) is 14.1. The molecule has 0 aliphatic heterocycles. The van der Waals surface area contributed by atoms with Crippen LogP contribution in [-0.2, 0) is 4.57 Å². The van der Waals surface area contributed by atoms with Crippen molar-refractivity contribution in [3.8, 4) is 0 Å². The summed E-state index contributed by atoms with van der Waals surface area (Å²) in [5.74, 6) is 0. The van der Waals surface area contributed by atoms with Crippen molar-refractivity contribution in [2.45, 2.75) is 53.4 Å². The lowest BCUT2D eigenvalue weighted by Crippen LogP contribution is -2.33. The highest BCUT2D eigenvalue weighted by Gasteiger charge is 2.34. The van der Waals surface area contributed by atoms with E-state index in [-0.39, 0.29) is 0 Å². The van der Waals surface area contributed by atoms with Crippen LogP contribution in [0.15, 0.2) is 11.6 Å². The van der Waals surface area contributed by atoms with Crippen LogP contribution < -0.4 is 0 Å². The number of allylic oxidation sites excluding steroid dienone is 2. The highest BCUT2D eigenvalue weighted by Crippen LogP contribution is 2.54. The Morgan fingerprint density at radius 2 is 1.53 bits per heavy atom. The first-order valence-electron chi connectivity index (χ1n) is 7.90. The minimum absolute atomic E-state index is 0.774. The van der Waals surface area contributed by atoms with E-state index in [2.05, 4.69) is 43.1 Å². The highest BCUT2D eigenvalue weighted by atomic mass is 31.2. The molecule has 3 nitrogen and oxygen atoms in total. The maximum Gasteiger partial charge on any atom is 0.220 e. The molecule has 4 heteroatoms. The van der Waals surface area contributed by atoms with Gasteiger partial charge in [0.2, 0.25) is 7.44 Å². The first-order valence-corrected chi connectivity index (χ1v) is 9.69. The van der Waals surface area contributed by atoms with Crippen molar-refractivity contribution < 1.29 is 4.57 Å². The molecule has 1 aliphatic rings. The molecule has 0 saturated heterocycles. The van der Waals surface area contributed by atoms with Crippen LogP contribution in [0.1, 0.15) is 53.4 Å². The van der Waals surface area contributed by atoms with E-state index in [0.717, 1.165) is 38.8 Å². The SMILES string of the molecule is CCN(CC)P(=O)(CC1=CCCCC1)N(CC)CC. The van der Waals surface area contributed by atoms with E-state index in [1.807, 2.05) is 0 Å². The Kier molecular flexibility index (Phi) is 7.35. The third-order valence-corrected chi connectivity index (χ3v) is 7.86. The van der Waals surface area contributed by atoms with Gasteiger partial charge in [0, 0.05) is 32.3 Å². The second kappa shape index (κ2) is 8.24. The summed E-state index contributed by atoms with van der Waals surface area (Å²) in [5, 5.41) is 0. The average molecular weight is 286 g/mol. The van der Waals surface area contributed by atoms with Gasteiger partial charge >= 0.3 is 0 Å². The largest absolute Gasteiger partial charge is 0.288 e. The number of hydrogen-bond acceptors (Lipinski definition) is 1. The minimum atomic E-state index is -2.41. The lowest BCUT2D eigenvalue weighted by Gasteiger charge is -2.38. The predicted molar refractivity (Wildman–Crippen MR) is 84.9 cm³/mol. The Morgan fingerprint density at radius 3 is 1.89 bits per heavy atom. The van der Waals surface area contributed by atoms with Gasteiger partial charge in [0.05, 0.1) is 0 Å². The first kappa shape index (κ1) is 16.9. The Bertz CT molecular complexity index is 317. The molecule has 0 spiro atoms. The molecule has 0 heterocycles. The Balaban J connectivity index is 2.96. The minimum Gasteiger partial charge on any atom is -0.288 e. The molecule has 0 saturated carbocycles. The summed E-state index contributed by atoms with van der Waals surface area (Å²) in [6.07, 6.45) is 7.99. The van der Waals surface area contributed by atoms with E-state index in [4.69, 9.17) is 0 Å². The van der Waals surface area contributed by atoms with Gasteiger partial charge in [0.15, 0.2) is 0 Å². The molecule has 0 unspecified atom stereocenters. The average Bonchev–Trinajstić information content (AvgIpc) is 2.42. The van der Waals surface area contributed by atoms with Crippen LogP contribution in [0, 0.1) is 0 Å². The predicted octanol–water partition coefficient (Wildman–Crippen LogP) is 4.36. The molecule has 0 radical (unpaired) electrons. The summed E-state index contributed by atoms with van der Waals surface area (Å²) >= 11 is 0. The van der Waals surface area contributed by atoms with Gasteiger partial charge in [-0.3, -0.25) is 4.57 Å². The molecular weight excluding hydrogens is 255 g/mol.